The van der Waals surface area contributed by atoms with Gasteiger partial charge in [-0.15, -0.1) is 0 Å². The molecule has 0 aromatic heterocycles. The van der Waals surface area contributed by atoms with Gasteiger partial charge in [0.25, 0.3) is 0 Å². The van der Waals surface area contributed by atoms with Gasteiger partial charge >= 0.3 is 0 Å². The van der Waals surface area contributed by atoms with Gasteiger partial charge in [-0.2, -0.15) is 0 Å². The molecule has 0 spiro atoms. The molecule has 1 radical (unpaired) electrons. The van der Waals surface area contributed by atoms with Crippen molar-refractivity contribution in [3.8, 4) is 0 Å². The summed E-state index contributed by atoms with van der Waals surface area (Å²) in [5, 5.41) is 0. The molecule has 0 bridgehead atoms. The Morgan fingerprint density at radius 3 is 2.25 bits per heavy atom. The van der Waals surface area contributed by atoms with Crippen LogP contribution in [0.1, 0.15) is 22.0 Å². The van der Waals surface area contributed by atoms with E-state index in [2.05, 4.69) is 0 Å². The molecule has 2 rings (SSSR count). The predicted octanol–water partition coefficient (Wildman–Crippen LogP) is 3.76. The fourth-order valence-corrected chi connectivity index (χ4v) is 2.57. The topological polar surface area (TPSA) is 47.4 Å². The molecule has 0 saturated heterocycles. The van der Waals surface area contributed by atoms with Crippen LogP contribution >= 0.6 is 0 Å². The molecule has 1 amide bonds. The number of carbonyl (C=O) groups excluding carboxylic acids is 1. The molecule has 125 valence electrons. The second-order valence-electron chi connectivity index (χ2n) is 5.79. The number of rotatable bonds is 6. The molecular weight excluding hydrogens is 434 g/mol. The zero-order valence-electron chi connectivity index (χ0n) is 14.2. The van der Waals surface area contributed by atoms with Gasteiger partial charge in [0, 0.05) is 60.4 Å². The van der Waals surface area contributed by atoms with Crippen LogP contribution in [0.2, 0.25) is 0 Å². The second-order valence-corrected chi connectivity index (χ2v) is 5.79. The van der Waals surface area contributed by atoms with E-state index in [1.165, 1.54) is 6.07 Å². The summed E-state index contributed by atoms with van der Waals surface area (Å²) in [6.45, 7) is 0.721. The molecule has 0 heterocycles. The van der Waals surface area contributed by atoms with Crippen LogP contribution in [-0.4, -0.2) is 38.5 Å². The van der Waals surface area contributed by atoms with Crippen LogP contribution < -0.4 is 4.90 Å². The van der Waals surface area contributed by atoms with E-state index in [1.807, 2.05) is 61.3 Å². The van der Waals surface area contributed by atoms with Crippen molar-refractivity contribution in [3.05, 3.63) is 71.2 Å². The van der Waals surface area contributed by atoms with Crippen molar-refractivity contribution in [2.45, 2.75) is 6.04 Å². The Bertz CT molecular complexity index is 679. The van der Waals surface area contributed by atoms with Gasteiger partial charge in [0.05, 0.1) is 17.6 Å². The summed E-state index contributed by atoms with van der Waals surface area (Å²) in [4.78, 5) is 15.0. The van der Waals surface area contributed by atoms with Crippen molar-refractivity contribution < 1.29 is 50.5 Å². The number of hydrogen-bond acceptors (Lipinski definition) is 3. The minimum Gasteiger partial charge on any atom is -0.664 e. The molecule has 0 saturated carbocycles. The van der Waals surface area contributed by atoms with Gasteiger partial charge in [-0.1, -0.05) is 36.4 Å². The zero-order valence-corrected chi connectivity index (χ0v) is 17.9. The number of halogens is 1. The minimum absolute atomic E-state index is 0. The van der Waals surface area contributed by atoms with E-state index in [0.717, 1.165) is 18.2 Å². The predicted molar refractivity (Wildman–Crippen MR) is 91.2 cm³/mol. The van der Waals surface area contributed by atoms with Gasteiger partial charge in [-0.05, 0) is 31.8 Å². The van der Waals surface area contributed by atoms with E-state index in [4.69, 9.17) is 5.73 Å². The van der Waals surface area contributed by atoms with Crippen molar-refractivity contribution in [1.29, 1.82) is 0 Å². The number of likely N-dealkylation sites (N-methyl/N-ethyl adjacent to an activating group) is 2. The van der Waals surface area contributed by atoms with Crippen LogP contribution in [0.4, 0.5) is 10.1 Å². The second kappa shape index (κ2) is 9.45. The molecule has 24 heavy (non-hydrogen) atoms. The molecule has 0 aliphatic heterocycles. The van der Waals surface area contributed by atoms with Crippen molar-refractivity contribution in [2.24, 2.45) is 0 Å². The number of benzene rings is 2. The van der Waals surface area contributed by atoms with Crippen molar-refractivity contribution in [2.75, 3.05) is 32.6 Å². The quantitative estimate of drug-likeness (QED) is 0.667. The van der Waals surface area contributed by atoms with E-state index in [0.29, 0.717) is 5.69 Å². The maximum Gasteiger partial charge on any atom is 0.147 e. The van der Waals surface area contributed by atoms with E-state index in [-0.39, 0.29) is 52.9 Å². The first kappa shape index (κ1) is 21.0. The largest absolute Gasteiger partial charge is 0.664 e. The Hall–Kier alpha value is -1.04. The Balaban J connectivity index is 0.00000288. The van der Waals surface area contributed by atoms with E-state index < -0.39 is 11.7 Å². The normalized spacial score (nSPS) is 11.7. The maximum atomic E-state index is 14.4. The van der Waals surface area contributed by atoms with Gasteiger partial charge in [0.2, 0.25) is 0 Å². The van der Waals surface area contributed by atoms with Crippen LogP contribution in [-0.2, 0) is 0 Å². The summed E-state index contributed by atoms with van der Waals surface area (Å²) in [6, 6.07) is 14.1. The molecule has 2 aromatic rings. The molecule has 6 heteroatoms. The smallest absolute Gasteiger partial charge is 0.147 e. The number of anilines is 1. The molecule has 0 unspecified atom stereocenters. The van der Waals surface area contributed by atoms with Crippen LogP contribution in [0.15, 0.2) is 48.5 Å². The third-order valence-corrected chi connectivity index (χ3v) is 3.78. The molecule has 1 atom stereocenters. The van der Waals surface area contributed by atoms with Gasteiger partial charge in [0.1, 0.15) is 5.82 Å². The monoisotopic (exact) mass is 455 g/mol. The molecule has 2 aromatic carbocycles. The summed E-state index contributed by atoms with van der Waals surface area (Å²) < 4.78 is 14.4. The SMILES string of the molecule is CN(C)C[C@H](c1ccccc1)N(C)c1ccc(C([NH-])=O)cc1F.[Pr]. The molecule has 1 N–H and O–H groups in total. The van der Waals surface area contributed by atoms with Crippen LogP contribution in [0.25, 0.3) is 5.73 Å². The van der Waals surface area contributed by atoms with Crippen LogP contribution in [0.3, 0.4) is 0 Å². The van der Waals surface area contributed by atoms with Gasteiger partial charge in [-0.25, -0.2) is 4.39 Å². The van der Waals surface area contributed by atoms with Gasteiger partial charge in [0.15, 0.2) is 0 Å². The third-order valence-electron chi connectivity index (χ3n) is 3.78. The van der Waals surface area contributed by atoms with E-state index in [9.17, 15) is 9.18 Å². The summed E-state index contributed by atoms with van der Waals surface area (Å²) in [6.07, 6.45) is 0. The molecule has 0 aliphatic carbocycles. The minimum atomic E-state index is -0.883. The first-order chi connectivity index (χ1) is 10.9. The first-order valence-electron chi connectivity index (χ1n) is 7.38. The van der Waals surface area contributed by atoms with E-state index in [1.54, 1.807) is 6.07 Å². The third kappa shape index (κ3) is 5.23. The molecule has 0 fully saturated rings. The molecule has 0 aliphatic rings. The summed E-state index contributed by atoms with van der Waals surface area (Å²) in [5.41, 5.74) is 8.63. The van der Waals surface area contributed by atoms with E-state index >= 15 is 0 Å². The number of nitrogens with zero attached hydrogens (tertiary/aromatic N) is 2. The summed E-state index contributed by atoms with van der Waals surface area (Å²) in [7, 11) is 5.78. The Morgan fingerprint density at radius 1 is 1.12 bits per heavy atom. The first-order valence-corrected chi connectivity index (χ1v) is 7.38. The average molecular weight is 455 g/mol. The van der Waals surface area contributed by atoms with Crippen molar-refractivity contribution >= 4 is 11.6 Å². The number of hydrogen-bond donors (Lipinski definition) is 0. The number of amides is 1. The fraction of sp³-hybridized carbons (Fsp3) is 0.278. The zero-order chi connectivity index (χ0) is 17.0. The Labute approximate surface area is 175 Å². The Kier molecular flexibility index (Phi) is 8.27. The van der Waals surface area contributed by atoms with Crippen molar-refractivity contribution in [3.63, 3.8) is 0 Å². The number of carbonyl (C=O) groups is 1. The molecule has 4 nitrogen and oxygen atoms in total. The standard InChI is InChI=1S/C18H22FN3O.Pr/c1-21(2)12-17(13-7-5-4-6-8-13)22(3)16-10-9-14(18(20)23)11-15(16)19;/h4-11,17H,12H2,1-3H3,(H2,20,23);/p-1/t17-;/m1./s1. The van der Waals surface area contributed by atoms with Crippen molar-refractivity contribution in [1.82, 2.24) is 4.90 Å². The molecular formula is C18H21FN3OPr-. The summed E-state index contributed by atoms with van der Waals surface area (Å²) in [5.74, 6) is -1.38. The Morgan fingerprint density at radius 2 is 1.75 bits per heavy atom. The van der Waals surface area contributed by atoms with Gasteiger partial charge in [-0.3, -0.25) is 0 Å². The van der Waals surface area contributed by atoms with Crippen LogP contribution in [0.5, 0.6) is 0 Å². The van der Waals surface area contributed by atoms with Crippen LogP contribution in [0, 0.1) is 47.1 Å². The van der Waals surface area contributed by atoms with Gasteiger partial charge < -0.3 is 20.3 Å². The number of nitrogens with one attached hydrogen (secondary N) is 1. The maximum absolute atomic E-state index is 14.4. The average Bonchev–Trinajstić information content (AvgIpc) is 2.52. The fourth-order valence-electron chi connectivity index (χ4n) is 2.57. The summed E-state index contributed by atoms with van der Waals surface area (Å²) >= 11 is 0.